The van der Waals surface area contributed by atoms with Crippen molar-refractivity contribution in [3.8, 4) is 0 Å². The summed E-state index contributed by atoms with van der Waals surface area (Å²) in [6.07, 6.45) is 0.966. The van der Waals surface area contributed by atoms with E-state index in [4.69, 9.17) is 0 Å². The topological polar surface area (TPSA) is 0 Å². The normalized spacial score (nSPS) is 12.6. The smallest absolute Gasteiger partial charge is 0.00253 e. The first-order valence-corrected chi connectivity index (χ1v) is 10.7. The Morgan fingerprint density at radius 3 is 1.17 bits per heavy atom. The molecule has 0 atom stereocenters. The van der Waals surface area contributed by atoms with Crippen molar-refractivity contribution >= 4 is 21.5 Å². The summed E-state index contributed by atoms with van der Waals surface area (Å²) >= 11 is 0. The van der Waals surface area contributed by atoms with Gasteiger partial charge in [-0.15, -0.1) is 0 Å². The molecule has 4 aromatic rings. The number of fused-ring (bicyclic) bond motifs is 2. The van der Waals surface area contributed by atoms with Crippen molar-refractivity contribution in [2.24, 2.45) is 0 Å². The minimum atomic E-state index is 0.185. The van der Waals surface area contributed by atoms with Crippen LogP contribution in [0.2, 0.25) is 0 Å². The minimum Gasteiger partial charge on any atom is -0.0581 e. The number of hydrogen-bond acceptors (Lipinski definition) is 0. The van der Waals surface area contributed by atoms with Crippen LogP contribution in [0.5, 0.6) is 0 Å². The van der Waals surface area contributed by atoms with Gasteiger partial charge in [-0.05, 0) is 61.0 Å². The van der Waals surface area contributed by atoms with E-state index >= 15 is 0 Å². The van der Waals surface area contributed by atoms with Crippen molar-refractivity contribution in [1.82, 2.24) is 0 Å². The zero-order valence-electron chi connectivity index (χ0n) is 18.6. The molecule has 0 amide bonds. The summed E-state index contributed by atoms with van der Waals surface area (Å²) in [5.41, 5.74) is 5.89. The van der Waals surface area contributed by atoms with Crippen molar-refractivity contribution in [3.05, 3.63) is 95.1 Å². The van der Waals surface area contributed by atoms with E-state index in [-0.39, 0.29) is 10.8 Å². The van der Waals surface area contributed by atoms with Gasteiger partial charge < -0.3 is 0 Å². The highest BCUT2D eigenvalue weighted by Gasteiger charge is 2.15. The quantitative estimate of drug-likeness (QED) is 0.329. The molecule has 0 fully saturated rings. The van der Waals surface area contributed by atoms with Gasteiger partial charge in [0.15, 0.2) is 0 Å². The molecule has 0 saturated carbocycles. The minimum absolute atomic E-state index is 0.185. The molecule has 0 aliphatic heterocycles. The van der Waals surface area contributed by atoms with Crippen LogP contribution in [-0.2, 0) is 17.3 Å². The largest absolute Gasteiger partial charge is 0.0581 e. The average molecular weight is 381 g/mol. The maximum Gasteiger partial charge on any atom is -0.00253 e. The highest BCUT2D eigenvalue weighted by atomic mass is 14.2. The summed E-state index contributed by atoms with van der Waals surface area (Å²) in [5.74, 6) is 0. The lowest BCUT2D eigenvalue weighted by Crippen LogP contribution is -2.10. The molecule has 4 rings (SSSR count). The fraction of sp³-hybridized carbons (Fsp3) is 0.310. The van der Waals surface area contributed by atoms with E-state index in [1.165, 1.54) is 43.8 Å². The number of rotatable bonds is 2. The van der Waals surface area contributed by atoms with Crippen LogP contribution in [0, 0.1) is 0 Å². The second kappa shape index (κ2) is 7.02. The van der Waals surface area contributed by atoms with Crippen molar-refractivity contribution < 1.29 is 0 Å². The molecule has 148 valence electrons. The SMILES string of the molecule is CC(C)(C)c1ccc2cc(Cc3ccc4cc(C(C)(C)C)ccc4c3)ccc2c1. The van der Waals surface area contributed by atoms with Crippen LogP contribution in [0.3, 0.4) is 0 Å². The van der Waals surface area contributed by atoms with E-state index in [0.29, 0.717) is 0 Å². The Bertz CT molecular complexity index is 1090. The van der Waals surface area contributed by atoms with Gasteiger partial charge in [0, 0.05) is 0 Å². The number of hydrogen-bond donors (Lipinski definition) is 0. The maximum absolute atomic E-state index is 2.34. The molecule has 0 aliphatic rings. The van der Waals surface area contributed by atoms with Crippen molar-refractivity contribution in [1.29, 1.82) is 0 Å². The standard InChI is InChI=1S/C29H32/c1-28(2,3)26-13-11-22-16-20(7-9-24(22)18-26)15-21-8-10-25-19-27(29(4,5)6)14-12-23(25)17-21/h7-14,16-19H,15H2,1-6H3. The molecule has 0 saturated heterocycles. The van der Waals surface area contributed by atoms with Gasteiger partial charge in [0.2, 0.25) is 0 Å². The summed E-state index contributed by atoms with van der Waals surface area (Å²) in [6.45, 7) is 13.6. The Balaban J connectivity index is 1.62. The van der Waals surface area contributed by atoms with Crippen LogP contribution < -0.4 is 0 Å². The lowest BCUT2D eigenvalue weighted by atomic mass is 9.85. The van der Waals surface area contributed by atoms with Gasteiger partial charge in [0.1, 0.15) is 0 Å². The Morgan fingerprint density at radius 2 is 0.793 bits per heavy atom. The monoisotopic (exact) mass is 380 g/mol. The molecular weight excluding hydrogens is 348 g/mol. The van der Waals surface area contributed by atoms with E-state index in [1.807, 2.05) is 0 Å². The second-order valence-electron chi connectivity index (χ2n) is 10.5. The molecule has 0 heteroatoms. The van der Waals surface area contributed by atoms with Crippen LogP contribution >= 0.6 is 0 Å². The van der Waals surface area contributed by atoms with Gasteiger partial charge in [-0.1, -0.05) is 114 Å². The van der Waals surface area contributed by atoms with Crippen LogP contribution in [0.25, 0.3) is 21.5 Å². The van der Waals surface area contributed by atoms with Crippen LogP contribution in [0.1, 0.15) is 63.8 Å². The van der Waals surface area contributed by atoms with Crippen LogP contribution in [-0.4, -0.2) is 0 Å². The highest BCUT2D eigenvalue weighted by Crippen LogP contribution is 2.29. The second-order valence-corrected chi connectivity index (χ2v) is 10.5. The lowest BCUT2D eigenvalue weighted by molar-refractivity contribution is 0.591. The summed E-state index contributed by atoms with van der Waals surface area (Å²) in [6, 6.07) is 27.6. The van der Waals surface area contributed by atoms with Crippen molar-refractivity contribution in [2.45, 2.75) is 58.8 Å². The fourth-order valence-corrected chi connectivity index (χ4v) is 3.98. The summed E-state index contributed by atoms with van der Waals surface area (Å²) in [5, 5.41) is 5.31. The Morgan fingerprint density at radius 1 is 0.448 bits per heavy atom. The van der Waals surface area contributed by atoms with Gasteiger partial charge >= 0.3 is 0 Å². The average Bonchev–Trinajstić information content (AvgIpc) is 2.65. The van der Waals surface area contributed by atoms with Gasteiger partial charge in [0.05, 0.1) is 0 Å². The Labute approximate surface area is 175 Å². The fourth-order valence-electron chi connectivity index (χ4n) is 3.98. The molecule has 0 nitrogen and oxygen atoms in total. The zero-order valence-corrected chi connectivity index (χ0v) is 18.6. The van der Waals surface area contributed by atoms with E-state index in [1.54, 1.807) is 0 Å². The molecule has 0 aromatic heterocycles. The predicted molar refractivity (Wildman–Crippen MR) is 128 cm³/mol. The Hall–Kier alpha value is -2.60. The summed E-state index contributed by atoms with van der Waals surface area (Å²) in [4.78, 5) is 0. The zero-order chi connectivity index (χ0) is 20.8. The molecular formula is C29H32. The van der Waals surface area contributed by atoms with Crippen LogP contribution in [0.15, 0.2) is 72.8 Å². The van der Waals surface area contributed by atoms with Crippen molar-refractivity contribution in [3.63, 3.8) is 0 Å². The van der Waals surface area contributed by atoms with Gasteiger partial charge in [-0.25, -0.2) is 0 Å². The molecule has 0 bridgehead atoms. The molecule has 0 unspecified atom stereocenters. The predicted octanol–water partition coefficient (Wildman–Crippen LogP) is 8.18. The van der Waals surface area contributed by atoms with Gasteiger partial charge in [-0.3, -0.25) is 0 Å². The summed E-state index contributed by atoms with van der Waals surface area (Å²) < 4.78 is 0. The van der Waals surface area contributed by atoms with Gasteiger partial charge in [0.25, 0.3) is 0 Å². The first-order chi connectivity index (χ1) is 13.6. The van der Waals surface area contributed by atoms with Crippen molar-refractivity contribution in [2.75, 3.05) is 0 Å². The molecule has 0 heterocycles. The maximum atomic E-state index is 2.34. The molecule has 0 aliphatic carbocycles. The van der Waals surface area contributed by atoms with Gasteiger partial charge in [-0.2, -0.15) is 0 Å². The van der Waals surface area contributed by atoms with Crippen LogP contribution in [0.4, 0.5) is 0 Å². The third-order valence-corrected chi connectivity index (χ3v) is 5.95. The van der Waals surface area contributed by atoms with E-state index in [0.717, 1.165) is 6.42 Å². The lowest BCUT2D eigenvalue weighted by Gasteiger charge is -2.20. The van der Waals surface area contributed by atoms with E-state index < -0.39 is 0 Å². The third-order valence-electron chi connectivity index (χ3n) is 5.95. The molecule has 29 heavy (non-hydrogen) atoms. The van der Waals surface area contributed by atoms with E-state index in [9.17, 15) is 0 Å². The highest BCUT2D eigenvalue weighted by molar-refractivity contribution is 5.85. The molecule has 4 aromatic carbocycles. The molecule has 0 radical (unpaired) electrons. The first kappa shape index (κ1) is 19.7. The van der Waals surface area contributed by atoms with E-state index in [2.05, 4.69) is 114 Å². The Kier molecular flexibility index (Phi) is 4.77. The molecule has 0 spiro atoms. The summed E-state index contributed by atoms with van der Waals surface area (Å²) in [7, 11) is 0. The molecule has 0 N–H and O–H groups in total. The first-order valence-electron chi connectivity index (χ1n) is 10.7. The third kappa shape index (κ3) is 4.22. The number of benzene rings is 4.